The van der Waals surface area contributed by atoms with Gasteiger partial charge in [0, 0.05) is 12.6 Å². The first-order valence-corrected chi connectivity index (χ1v) is 5.91. The van der Waals surface area contributed by atoms with Crippen LogP contribution in [0.3, 0.4) is 0 Å². The van der Waals surface area contributed by atoms with E-state index in [-0.39, 0.29) is 5.82 Å². The van der Waals surface area contributed by atoms with Gasteiger partial charge in [-0.05, 0) is 37.6 Å². The first-order chi connectivity index (χ1) is 8.71. The van der Waals surface area contributed by atoms with Crippen molar-refractivity contribution in [3.63, 3.8) is 0 Å². The van der Waals surface area contributed by atoms with Gasteiger partial charge < -0.3 is 10.5 Å². The van der Waals surface area contributed by atoms with E-state index >= 15 is 0 Å². The second kappa shape index (κ2) is 5.64. The van der Waals surface area contributed by atoms with Gasteiger partial charge in [0.2, 0.25) is 0 Å². The number of hydrogen-bond acceptors (Lipinski definition) is 3. The molecule has 2 aromatic rings. The Morgan fingerprint density at radius 3 is 2.83 bits per heavy atom. The molecule has 0 spiro atoms. The standard InChI is InChI=1S/C13H16FN3O/c1-2-17-9-13(8-16-17)18-12-6-10(3-4-15)5-11(14)7-12/h5-9H,2-4,15H2,1H3. The lowest BCUT2D eigenvalue weighted by molar-refractivity contribution is 0.474. The van der Waals surface area contributed by atoms with Gasteiger partial charge in [0.15, 0.2) is 5.75 Å². The number of hydrogen-bond donors (Lipinski definition) is 1. The van der Waals surface area contributed by atoms with E-state index in [1.54, 1.807) is 23.1 Å². The van der Waals surface area contributed by atoms with Crippen molar-refractivity contribution in [2.75, 3.05) is 6.54 Å². The van der Waals surface area contributed by atoms with Crippen LogP contribution in [-0.4, -0.2) is 16.3 Å². The number of rotatable bonds is 5. The molecule has 0 aliphatic heterocycles. The number of halogens is 1. The molecule has 1 aromatic heterocycles. The lowest BCUT2D eigenvalue weighted by Crippen LogP contribution is -2.03. The minimum absolute atomic E-state index is 0.321. The summed E-state index contributed by atoms with van der Waals surface area (Å²) < 4.78 is 20.7. The summed E-state index contributed by atoms with van der Waals surface area (Å²) in [5.74, 6) is 0.745. The first kappa shape index (κ1) is 12.6. The molecular formula is C13H16FN3O. The summed E-state index contributed by atoms with van der Waals surface area (Å²) in [7, 11) is 0. The van der Waals surface area contributed by atoms with Crippen LogP contribution in [0.4, 0.5) is 4.39 Å². The number of aromatic nitrogens is 2. The number of nitrogens with zero attached hydrogens (tertiary/aromatic N) is 2. The van der Waals surface area contributed by atoms with Gasteiger partial charge in [-0.3, -0.25) is 4.68 Å². The molecule has 2 N–H and O–H groups in total. The van der Waals surface area contributed by atoms with Crippen LogP contribution in [0.15, 0.2) is 30.6 Å². The first-order valence-electron chi connectivity index (χ1n) is 5.91. The maximum absolute atomic E-state index is 13.4. The zero-order valence-corrected chi connectivity index (χ0v) is 10.3. The molecule has 2 rings (SSSR count). The molecule has 0 fully saturated rings. The highest BCUT2D eigenvalue weighted by Crippen LogP contribution is 2.23. The quantitative estimate of drug-likeness (QED) is 0.884. The smallest absolute Gasteiger partial charge is 0.165 e. The summed E-state index contributed by atoms with van der Waals surface area (Å²) >= 11 is 0. The van der Waals surface area contributed by atoms with Crippen LogP contribution >= 0.6 is 0 Å². The van der Waals surface area contributed by atoms with Crippen molar-refractivity contribution in [2.45, 2.75) is 19.9 Å². The highest BCUT2D eigenvalue weighted by molar-refractivity contribution is 5.33. The predicted octanol–water partition coefficient (Wildman–Crippen LogP) is 2.34. The zero-order chi connectivity index (χ0) is 13.0. The number of aryl methyl sites for hydroxylation is 1. The largest absolute Gasteiger partial charge is 0.454 e. The van der Waals surface area contributed by atoms with Gasteiger partial charge in [-0.15, -0.1) is 0 Å². The molecule has 0 saturated carbocycles. The number of nitrogens with two attached hydrogens (primary N) is 1. The second-order valence-corrected chi connectivity index (χ2v) is 3.97. The van der Waals surface area contributed by atoms with Gasteiger partial charge in [-0.1, -0.05) is 0 Å². The Kier molecular flexibility index (Phi) is 3.94. The van der Waals surface area contributed by atoms with E-state index in [0.29, 0.717) is 24.5 Å². The van der Waals surface area contributed by atoms with Gasteiger partial charge in [0.25, 0.3) is 0 Å². The minimum atomic E-state index is -0.321. The van der Waals surface area contributed by atoms with Gasteiger partial charge in [0.05, 0.1) is 12.4 Å². The fraction of sp³-hybridized carbons (Fsp3) is 0.308. The average molecular weight is 249 g/mol. The van der Waals surface area contributed by atoms with Crippen molar-refractivity contribution >= 4 is 0 Å². The molecule has 0 aliphatic rings. The third-order valence-corrected chi connectivity index (χ3v) is 2.53. The molecule has 1 aromatic carbocycles. The summed E-state index contributed by atoms with van der Waals surface area (Å²) in [5, 5.41) is 4.09. The normalized spacial score (nSPS) is 10.6. The van der Waals surface area contributed by atoms with E-state index in [0.717, 1.165) is 12.1 Å². The number of benzene rings is 1. The van der Waals surface area contributed by atoms with E-state index in [1.807, 2.05) is 6.92 Å². The molecule has 0 aliphatic carbocycles. The van der Waals surface area contributed by atoms with Gasteiger partial charge >= 0.3 is 0 Å². The third-order valence-electron chi connectivity index (χ3n) is 2.53. The summed E-state index contributed by atoms with van der Waals surface area (Å²) in [6.45, 7) is 3.24. The Labute approximate surface area is 105 Å². The van der Waals surface area contributed by atoms with Crippen LogP contribution in [0.25, 0.3) is 0 Å². The van der Waals surface area contributed by atoms with E-state index in [9.17, 15) is 4.39 Å². The van der Waals surface area contributed by atoms with E-state index in [2.05, 4.69) is 5.10 Å². The van der Waals surface area contributed by atoms with Gasteiger partial charge in [-0.25, -0.2) is 4.39 Å². The topological polar surface area (TPSA) is 53.1 Å². The van der Waals surface area contributed by atoms with Crippen molar-refractivity contribution in [2.24, 2.45) is 5.73 Å². The highest BCUT2D eigenvalue weighted by atomic mass is 19.1. The van der Waals surface area contributed by atoms with Gasteiger partial charge in [0.1, 0.15) is 11.6 Å². The lowest BCUT2D eigenvalue weighted by Gasteiger charge is -2.06. The van der Waals surface area contributed by atoms with Crippen molar-refractivity contribution in [3.05, 3.63) is 42.0 Å². The van der Waals surface area contributed by atoms with E-state index in [1.165, 1.54) is 12.1 Å². The fourth-order valence-electron chi connectivity index (χ4n) is 1.70. The number of ether oxygens (including phenoxy) is 1. The van der Waals surface area contributed by atoms with Crippen LogP contribution in [0.5, 0.6) is 11.5 Å². The molecule has 18 heavy (non-hydrogen) atoms. The summed E-state index contributed by atoms with van der Waals surface area (Å²) in [6, 6.07) is 4.61. The Bertz CT molecular complexity index is 525. The van der Waals surface area contributed by atoms with Crippen LogP contribution in [-0.2, 0) is 13.0 Å². The molecular weight excluding hydrogens is 233 g/mol. The Balaban J connectivity index is 2.17. The second-order valence-electron chi connectivity index (χ2n) is 3.97. The van der Waals surface area contributed by atoms with Crippen molar-refractivity contribution in [1.29, 1.82) is 0 Å². The Hall–Kier alpha value is -1.88. The molecule has 0 saturated heterocycles. The van der Waals surface area contributed by atoms with Crippen LogP contribution < -0.4 is 10.5 Å². The summed E-state index contributed by atoms with van der Waals surface area (Å²) in [4.78, 5) is 0. The zero-order valence-electron chi connectivity index (χ0n) is 10.3. The van der Waals surface area contributed by atoms with Crippen LogP contribution in [0.1, 0.15) is 12.5 Å². The fourth-order valence-corrected chi connectivity index (χ4v) is 1.70. The van der Waals surface area contributed by atoms with Crippen molar-refractivity contribution < 1.29 is 9.13 Å². The van der Waals surface area contributed by atoms with Gasteiger partial charge in [-0.2, -0.15) is 5.10 Å². The molecule has 96 valence electrons. The lowest BCUT2D eigenvalue weighted by atomic mass is 10.1. The van der Waals surface area contributed by atoms with Crippen LogP contribution in [0, 0.1) is 5.82 Å². The monoisotopic (exact) mass is 249 g/mol. The Morgan fingerprint density at radius 2 is 2.17 bits per heavy atom. The minimum Gasteiger partial charge on any atom is -0.454 e. The third kappa shape index (κ3) is 3.07. The average Bonchev–Trinajstić information content (AvgIpc) is 2.76. The van der Waals surface area contributed by atoms with E-state index in [4.69, 9.17) is 10.5 Å². The highest BCUT2D eigenvalue weighted by Gasteiger charge is 2.04. The molecule has 0 radical (unpaired) electrons. The summed E-state index contributed by atoms with van der Waals surface area (Å²) in [5.41, 5.74) is 6.29. The molecule has 5 heteroatoms. The molecule has 0 unspecified atom stereocenters. The summed E-state index contributed by atoms with van der Waals surface area (Å²) in [6.07, 6.45) is 4.01. The van der Waals surface area contributed by atoms with Crippen LogP contribution in [0.2, 0.25) is 0 Å². The maximum atomic E-state index is 13.4. The molecule has 1 heterocycles. The SMILES string of the molecule is CCn1cc(Oc2cc(F)cc(CCN)c2)cn1. The molecule has 0 amide bonds. The van der Waals surface area contributed by atoms with Crippen molar-refractivity contribution in [3.8, 4) is 11.5 Å². The predicted molar refractivity (Wildman–Crippen MR) is 67.1 cm³/mol. The maximum Gasteiger partial charge on any atom is 0.165 e. The van der Waals surface area contributed by atoms with E-state index < -0.39 is 0 Å². The molecule has 0 bridgehead atoms. The van der Waals surface area contributed by atoms with Crippen molar-refractivity contribution in [1.82, 2.24) is 9.78 Å². The Morgan fingerprint density at radius 1 is 1.33 bits per heavy atom. The molecule has 0 atom stereocenters. The molecule has 4 nitrogen and oxygen atoms in total.